The molecule has 1 fully saturated rings. The maximum atomic E-state index is 12.2. The van der Waals surface area contributed by atoms with Crippen LogP contribution in [0.3, 0.4) is 0 Å². The molecule has 1 saturated heterocycles. The summed E-state index contributed by atoms with van der Waals surface area (Å²) in [6.07, 6.45) is 3.71. The van der Waals surface area contributed by atoms with Crippen LogP contribution in [0.5, 0.6) is 0 Å². The highest BCUT2D eigenvalue weighted by molar-refractivity contribution is 5.92. The number of piperidine rings is 1. The molecule has 1 N–H and O–H groups in total. The summed E-state index contributed by atoms with van der Waals surface area (Å²) in [5.74, 6) is 1.05. The first-order valence-corrected chi connectivity index (χ1v) is 6.63. The van der Waals surface area contributed by atoms with E-state index in [0.29, 0.717) is 11.7 Å². The topological polar surface area (TPSA) is 58.4 Å². The van der Waals surface area contributed by atoms with E-state index in [0.717, 1.165) is 44.6 Å². The molecule has 18 heavy (non-hydrogen) atoms. The quantitative estimate of drug-likeness (QED) is 0.880. The molecule has 5 nitrogen and oxygen atoms in total. The molecule has 0 radical (unpaired) electrons. The van der Waals surface area contributed by atoms with Crippen LogP contribution in [0.4, 0.5) is 0 Å². The Labute approximate surface area is 108 Å². The Bertz CT molecular complexity index is 395. The van der Waals surface area contributed by atoms with Crippen molar-refractivity contribution in [2.75, 3.05) is 26.2 Å². The van der Waals surface area contributed by atoms with Gasteiger partial charge in [-0.1, -0.05) is 12.1 Å². The number of nitrogens with zero attached hydrogens (tertiary/aromatic N) is 2. The van der Waals surface area contributed by atoms with Gasteiger partial charge in [-0.15, -0.1) is 0 Å². The van der Waals surface area contributed by atoms with Gasteiger partial charge in [0, 0.05) is 18.7 Å². The van der Waals surface area contributed by atoms with Crippen LogP contribution in [0.1, 0.15) is 35.9 Å². The van der Waals surface area contributed by atoms with Crippen molar-refractivity contribution < 1.29 is 9.32 Å². The molecule has 1 aromatic rings. The monoisotopic (exact) mass is 251 g/mol. The Hall–Kier alpha value is -1.36. The molecule has 100 valence electrons. The molecule has 2 rings (SSSR count). The maximum absolute atomic E-state index is 12.2. The van der Waals surface area contributed by atoms with Gasteiger partial charge >= 0.3 is 0 Å². The minimum atomic E-state index is -0.0214. The third-order valence-electron chi connectivity index (χ3n) is 3.53. The van der Waals surface area contributed by atoms with E-state index >= 15 is 0 Å². The molecule has 1 amide bonds. The zero-order chi connectivity index (χ0) is 13.0. The fraction of sp³-hybridized carbons (Fsp3) is 0.692. The molecule has 0 spiro atoms. The molecule has 0 bridgehead atoms. The van der Waals surface area contributed by atoms with Crippen LogP contribution in [-0.2, 0) is 0 Å². The molecule has 0 atom stereocenters. The second-order valence-corrected chi connectivity index (χ2v) is 4.88. The number of nitrogens with one attached hydrogen (secondary N) is 1. The van der Waals surface area contributed by atoms with Gasteiger partial charge in [0.1, 0.15) is 0 Å². The van der Waals surface area contributed by atoms with Gasteiger partial charge < -0.3 is 14.7 Å². The average Bonchev–Trinajstić information content (AvgIpc) is 2.82. The van der Waals surface area contributed by atoms with Crippen molar-refractivity contribution in [3.8, 4) is 0 Å². The summed E-state index contributed by atoms with van der Waals surface area (Å²) in [7, 11) is 0. The van der Waals surface area contributed by atoms with E-state index in [4.69, 9.17) is 4.52 Å². The number of amides is 1. The molecule has 5 heteroatoms. The van der Waals surface area contributed by atoms with Gasteiger partial charge in [-0.2, -0.15) is 0 Å². The van der Waals surface area contributed by atoms with Crippen LogP contribution in [0, 0.1) is 12.8 Å². The van der Waals surface area contributed by atoms with Gasteiger partial charge in [0.05, 0.1) is 6.20 Å². The maximum Gasteiger partial charge on any atom is 0.292 e. The van der Waals surface area contributed by atoms with Gasteiger partial charge in [-0.05, 0) is 38.8 Å². The first-order chi connectivity index (χ1) is 8.72. The Morgan fingerprint density at radius 3 is 2.83 bits per heavy atom. The Balaban J connectivity index is 1.86. The van der Waals surface area contributed by atoms with Crippen molar-refractivity contribution in [1.29, 1.82) is 0 Å². The zero-order valence-electron chi connectivity index (χ0n) is 11.1. The third kappa shape index (κ3) is 2.90. The molecular formula is C13H21N3O2. The Kier molecular flexibility index (Phi) is 4.36. The normalized spacial score (nSPS) is 17.1. The summed E-state index contributed by atoms with van der Waals surface area (Å²) >= 11 is 0. The van der Waals surface area contributed by atoms with E-state index in [1.54, 1.807) is 6.20 Å². The van der Waals surface area contributed by atoms with E-state index in [-0.39, 0.29) is 5.91 Å². The number of aromatic nitrogens is 1. The van der Waals surface area contributed by atoms with Gasteiger partial charge in [0.25, 0.3) is 5.91 Å². The van der Waals surface area contributed by atoms with Crippen molar-refractivity contribution in [3.63, 3.8) is 0 Å². The van der Waals surface area contributed by atoms with Crippen LogP contribution in [0.2, 0.25) is 0 Å². The first kappa shape index (κ1) is 13.1. The largest absolute Gasteiger partial charge is 0.351 e. The fourth-order valence-electron chi connectivity index (χ4n) is 2.33. The SMILES string of the molecule is CCNCC1CCN(C(=O)c2oncc2C)CC1. The molecule has 0 aliphatic carbocycles. The van der Waals surface area contributed by atoms with Gasteiger partial charge in [-0.3, -0.25) is 4.79 Å². The van der Waals surface area contributed by atoms with Crippen LogP contribution in [0.25, 0.3) is 0 Å². The lowest BCUT2D eigenvalue weighted by Crippen LogP contribution is -2.40. The molecule has 1 aromatic heterocycles. The van der Waals surface area contributed by atoms with E-state index in [1.807, 2.05) is 11.8 Å². The molecular weight excluding hydrogens is 230 g/mol. The van der Waals surface area contributed by atoms with Crippen molar-refractivity contribution in [3.05, 3.63) is 17.5 Å². The van der Waals surface area contributed by atoms with Crippen LogP contribution in [-0.4, -0.2) is 42.1 Å². The zero-order valence-corrected chi connectivity index (χ0v) is 11.1. The number of aryl methyl sites for hydroxylation is 1. The summed E-state index contributed by atoms with van der Waals surface area (Å²) < 4.78 is 5.02. The number of rotatable bonds is 4. The average molecular weight is 251 g/mol. The molecule has 2 heterocycles. The number of likely N-dealkylation sites (tertiary alicyclic amines) is 1. The number of carbonyl (C=O) groups is 1. The van der Waals surface area contributed by atoms with Gasteiger partial charge in [0.15, 0.2) is 0 Å². The predicted molar refractivity (Wildman–Crippen MR) is 68.4 cm³/mol. The smallest absolute Gasteiger partial charge is 0.292 e. The minimum absolute atomic E-state index is 0.0214. The standard InChI is InChI=1S/C13H21N3O2/c1-3-14-9-11-4-6-16(7-5-11)13(17)12-10(2)8-15-18-12/h8,11,14H,3-7,9H2,1-2H3. The highest BCUT2D eigenvalue weighted by Gasteiger charge is 2.26. The molecule has 1 aliphatic rings. The highest BCUT2D eigenvalue weighted by atomic mass is 16.5. The Morgan fingerprint density at radius 1 is 1.56 bits per heavy atom. The van der Waals surface area contributed by atoms with Crippen LogP contribution >= 0.6 is 0 Å². The lowest BCUT2D eigenvalue weighted by atomic mass is 9.96. The highest BCUT2D eigenvalue weighted by Crippen LogP contribution is 2.19. The van der Waals surface area contributed by atoms with Crippen molar-refractivity contribution >= 4 is 5.91 Å². The lowest BCUT2D eigenvalue weighted by molar-refractivity contribution is 0.0647. The second-order valence-electron chi connectivity index (χ2n) is 4.88. The summed E-state index contributed by atoms with van der Waals surface area (Å²) in [5, 5.41) is 7.03. The Morgan fingerprint density at radius 2 is 2.28 bits per heavy atom. The van der Waals surface area contributed by atoms with E-state index in [2.05, 4.69) is 17.4 Å². The van der Waals surface area contributed by atoms with Crippen molar-refractivity contribution in [1.82, 2.24) is 15.4 Å². The predicted octanol–water partition coefficient (Wildman–Crippen LogP) is 1.44. The van der Waals surface area contributed by atoms with Gasteiger partial charge in [-0.25, -0.2) is 0 Å². The summed E-state index contributed by atoms with van der Waals surface area (Å²) in [4.78, 5) is 14.0. The summed E-state index contributed by atoms with van der Waals surface area (Å²) in [6, 6.07) is 0. The van der Waals surface area contributed by atoms with Crippen LogP contribution in [0.15, 0.2) is 10.7 Å². The molecule has 1 aliphatic heterocycles. The fourth-order valence-corrected chi connectivity index (χ4v) is 2.33. The summed E-state index contributed by atoms with van der Waals surface area (Å²) in [6.45, 7) is 7.66. The minimum Gasteiger partial charge on any atom is -0.351 e. The van der Waals surface area contributed by atoms with E-state index < -0.39 is 0 Å². The van der Waals surface area contributed by atoms with Crippen molar-refractivity contribution in [2.45, 2.75) is 26.7 Å². The third-order valence-corrected chi connectivity index (χ3v) is 3.53. The number of hydrogen-bond donors (Lipinski definition) is 1. The van der Waals surface area contributed by atoms with E-state index in [1.165, 1.54) is 0 Å². The number of hydrogen-bond acceptors (Lipinski definition) is 4. The first-order valence-electron chi connectivity index (χ1n) is 6.63. The second kappa shape index (κ2) is 6.00. The molecule has 0 unspecified atom stereocenters. The summed E-state index contributed by atoms with van der Waals surface area (Å²) in [5.41, 5.74) is 0.815. The molecule has 0 saturated carbocycles. The molecule has 0 aromatic carbocycles. The number of carbonyl (C=O) groups excluding carboxylic acids is 1. The van der Waals surface area contributed by atoms with Gasteiger partial charge in [0.2, 0.25) is 5.76 Å². The van der Waals surface area contributed by atoms with Crippen molar-refractivity contribution in [2.24, 2.45) is 5.92 Å². The lowest BCUT2D eigenvalue weighted by Gasteiger charge is -2.31. The van der Waals surface area contributed by atoms with E-state index in [9.17, 15) is 4.79 Å². The van der Waals surface area contributed by atoms with Crippen LogP contribution < -0.4 is 5.32 Å².